The van der Waals surface area contributed by atoms with Crippen LogP contribution in [0.2, 0.25) is 0 Å². The first-order valence-electron chi connectivity index (χ1n) is 7.55. The van der Waals surface area contributed by atoms with Crippen LogP contribution in [0.15, 0.2) is 91.4 Å². The molecule has 3 nitrogen and oxygen atoms in total. The molecule has 0 aliphatic rings. The van der Waals surface area contributed by atoms with Crippen molar-refractivity contribution < 1.29 is 21.1 Å². The Morgan fingerprint density at radius 1 is 0.640 bits per heavy atom. The molecule has 0 N–H and O–H groups in total. The van der Waals surface area contributed by atoms with Crippen molar-refractivity contribution in [1.29, 1.82) is 0 Å². The van der Waals surface area contributed by atoms with E-state index in [2.05, 4.69) is 27.1 Å². The summed E-state index contributed by atoms with van der Waals surface area (Å²) in [5.41, 5.74) is 3.68. The van der Waals surface area contributed by atoms with E-state index in [9.17, 15) is 0 Å². The molecule has 0 saturated heterocycles. The summed E-state index contributed by atoms with van der Waals surface area (Å²) in [5, 5.41) is 0. The molecule has 0 spiro atoms. The molecule has 0 atom stereocenters. The van der Waals surface area contributed by atoms with Crippen LogP contribution in [0.5, 0.6) is 0 Å². The molecule has 3 aromatic heterocycles. The maximum absolute atomic E-state index is 4.62. The molecule has 0 unspecified atom stereocenters. The molecule has 4 rings (SSSR count). The number of rotatable bonds is 2. The second kappa shape index (κ2) is 10.3. The minimum absolute atomic E-state index is 0. The largest absolute Gasteiger partial charge is 2.00 e. The molecule has 1 aromatic carbocycles. The van der Waals surface area contributed by atoms with Gasteiger partial charge in [-0.3, -0.25) is 9.97 Å². The van der Waals surface area contributed by atoms with Gasteiger partial charge in [-0.25, -0.2) is 0 Å². The Labute approximate surface area is 162 Å². The van der Waals surface area contributed by atoms with Crippen molar-refractivity contribution in [3.8, 4) is 22.6 Å². The first-order valence-corrected chi connectivity index (χ1v) is 7.55. The maximum atomic E-state index is 4.62. The van der Waals surface area contributed by atoms with Crippen molar-refractivity contribution in [2.24, 2.45) is 0 Å². The molecule has 3 heterocycles. The first kappa shape index (κ1) is 18.7. The van der Waals surface area contributed by atoms with E-state index < -0.39 is 0 Å². The van der Waals surface area contributed by atoms with E-state index in [4.69, 9.17) is 0 Å². The molecule has 0 aliphatic carbocycles. The van der Waals surface area contributed by atoms with Crippen molar-refractivity contribution in [3.05, 3.63) is 104 Å². The fourth-order valence-corrected chi connectivity index (χ4v) is 2.07. The molecule has 0 fully saturated rings. The standard InChI is InChI=1S/C16H11N2.C5H4N.Pt/c1-2-7-13(8-3-1)14-10-6-11-16(18-14)15-9-4-5-12-17-15;1-2-4-6-5-3-1;/h1-7,9-12H;2-5H;/q2*-1;+2. The van der Waals surface area contributed by atoms with Crippen molar-refractivity contribution in [2.75, 3.05) is 0 Å². The smallest absolute Gasteiger partial charge is 0.391 e. The third-order valence-corrected chi connectivity index (χ3v) is 3.18. The van der Waals surface area contributed by atoms with Gasteiger partial charge in [-0.1, -0.05) is 30.6 Å². The van der Waals surface area contributed by atoms with Crippen molar-refractivity contribution in [3.63, 3.8) is 0 Å². The molecule has 25 heavy (non-hydrogen) atoms. The van der Waals surface area contributed by atoms with E-state index in [0.29, 0.717) is 0 Å². The average Bonchev–Trinajstić information content (AvgIpc) is 2.71. The Balaban J connectivity index is 0.000000275. The van der Waals surface area contributed by atoms with Crippen LogP contribution in [0.3, 0.4) is 0 Å². The third-order valence-electron chi connectivity index (χ3n) is 3.18. The van der Waals surface area contributed by atoms with Crippen LogP contribution in [0.4, 0.5) is 0 Å². The van der Waals surface area contributed by atoms with E-state index in [1.54, 1.807) is 30.7 Å². The normalized spacial score (nSPS) is 9.28. The minimum atomic E-state index is 0. The topological polar surface area (TPSA) is 38.7 Å². The Kier molecular flexibility index (Phi) is 7.68. The molecule has 0 bridgehead atoms. The van der Waals surface area contributed by atoms with Gasteiger partial charge in [-0.2, -0.15) is 18.2 Å². The molecule has 4 heteroatoms. The minimum Gasteiger partial charge on any atom is -0.391 e. The van der Waals surface area contributed by atoms with Crippen LogP contribution in [-0.2, 0) is 21.1 Å². The Hall–Kier alpha value is -2.64. The van der Waals surface area contributed by atoms with Gasteiger partial charge in [0.1, 0.15) is 0 Å². The van der Waals surface area contributed by atoms with Gasteiger partial charge in [-0.05, 0) is 23.9 Å². The Bertz CT molecular complexity index is 772. The summed E-state index contributed by atoms with van der Waals surface area (Å²) in [5.74, 6) is 0. The van der Waals surface area contributed by atoms with Crippen molar-refractivity contribution >= 4 is 0 Å². The van der Waals surface area contributed by atoms with E-state index in [0.717, 1.165) is 22.6 Å². The summed E-state index contributed by atoms with van der Waals surface area (Å²) in [4.78, 5) is 12.7. The van der Waals surface area contributed by atoms with Crippen LogP contribution in [0, 0.1) is 12.1 Å². The Morgan fingerprint density at radius 3 is 2.00 bits per heavy atom. The van der Waals surface area contributed by atoms with Gasteiger partial charge < -0.3 is 4.98 Å². The monoisotopic (exact) mass is 504 g/mol. The maximum Gasteiger partial charge on any atom is 2.00 e. The van der Waals surface area contributed by atoms with Gasteiger partial charge in [0, 0.05) is 6.20 Å². The number of nitrogens with zero attached hydrogens (tertiary/aromatic N) is 3. The third kappa shape index (κ3) is 5.73. The van der Waals surface area contributed by atoms with E-state index in [-0.39, 0.29) is 21.1 Å². The SMILES string of the molecule is [Pt+2].[c-]1ccccc1-c1cccc(-c2ccccn2)n1.[c-]1ccncc1. The van der Waals surface area contributed by atoms with Gasteiger partial charge in [0.05, 0.1) is 11.4 Å². The molecule has 0 radical (unpaired) electrons. The van der Waals surface area contributed by atoms with E-state index in [1.165, 1.54) is 0 Å². The van der Waals surface area contributed by atoms with E-state index >= 15 is 0 Å². The molecule has 0 saturated carbocycles. The number of benzene rings is 1. The van der Waals surface area contributed by atoms with E-state index in [1.807, 2.05) is 60.7 Å². The van der Waals surface area contributed by atoms with Gasteiger partial charge in [0.25, 0.3) is 0 Å². The van der Waals surface area contributed by atoms with Crippen LogP contribution in [0.25, 0.3) is 22.6 Å². The van der Waals surface area contributed by atoms with Crippen LogP contribution < -0.4 is 0 Å². The van der Waals surface area contributed by atoms with Gasteiger partial charge in [0.2, 0.25) is 0 Å². The number of hydrogen-bond donors (Lipinski definition) is 0. The molecular weight excluding hydrogens is 489 g/mol. The van der Waals surface area contributed by atoms with Gasteiger partial charge in [0.15, 0.2) is 0 Å². The average molecular weight is 504 g/mol. The summed E-state index contributed by atoms with van der Waals surface area (Å²) in [7, 11) is 0. The summed E-state index contributed by atoms with van der Waals surface area (Å²) in [6, 6.07) is 29.1. The molecular formula is C21H15N3Pt. The number of pyridine rings is 3. The van der Waals surface area contributed by atoms with Crippen molar-refractivity contribution in [1.82, 2.24) is 15.0 Å². The number of hydrogen-bond acceptors (Lipinski definition) is 3. The molecule has 124 valence electrons. The van der Waals surface area contributed by atoms with Crippen LogP contribution in [0.1, 0.15) is 0 Å². The predicted octanol–water partition coefficient (Wildman–Crippen LogP) is 4.49. The summed E-state index contributed by atoms with van der Waals surface area (Å²) in [6.07, 6.45) is 5.17. The summed E-state index contributed by atoms with van der Waals surface area (Å²) in [6.45, 7) is 0. The fraction of sp³-hybridized carbons (Fsp3) is 0. The quantitative estimate of drug-likeness (QED) is 0.378. The fourth-order valence-electron chi connectivity index (χ4n) is 2.07. The molecule has 0 aliphatic heterocycles. The molecule has 0 amide bonds. The van der Waals surface area contributed by atoms with Crippen LogP contribution in [-0.4, -0.2) is 15.0 Å². The Morgan fingerprint density at radius 2 is 1.40 bits per heavy atom. The van der Waals surface area contributed by atoms with Gasteiger partial charge in [-0.15, -0.1) is 35.9 Å². The zero-order chi connectivity index (χ0) is 16.5. The van der Waals surface area contributed by atoms with Gasteiger partial charge >= 0.3 is 21.1 Å². The van der Waals surface area contributed by atoms with Crippen molar-refractivity contribution in [2.45, 2.75) is 0 Å². The van der Waals surface area contributed by atoms with Crippen LogP contribution >= 0.6 is 0 Å². The summed E-state index contributed by atoms with van der Waals surface area (Å²) >= 11 is 0. The first-order chi connectivity index (χ1) is 11.9. The zero-order valence-electron chi connectivity index (χ0n) is 13.3. The summed E-state index contributed by atoms with van der Waals surface area (Å²) < 4.78 is 0. The number of aromatic nitrogens is 3. The second-order valence-electron chi connectivity index (χ2n) is 4.85. The zero-order valence-corrected chi connectivity index (χ0v) is 15.6. The molecule has 4 aromatic rings. The second-order valence-corrected chi connectivity index (χ2v) is 4.85. The predicted molar refractivity (Wildman–Crippen MR) is 94.8 cm³/mol.